The van der Waals surface area contributed by atoms with Gasteiger partial charge in [-0.3, -0.25) is 4.68 Å². The molecule has 0 aliphatic carbocycles. The molecule has 1 aromatic carbocycles. The molecule has 2 rings (SSSR count). The quantitative estimate of drug-likeness (QED) is 0.897. The van der Waals surface area contributed by atoms with Crippen LogP contribution in [0.3, 0.4) is 0 Å². The zero-order valence-electron chi connectivity index (χ0n) is 11.9. The van der Waals surface area contributed by atoms with Crippen LogP contribution in [0.25, 0.3) is 0 Å². The normalized spacial score (nSPS) is 13.9. The minimum Gasteiger partial charge on any atom is -0.497 e. The fourth-order valence-corrected chi connectivity index (χ4v) is 2.08. The van der Waals surface area contributed by atoms with Crippen molar-refractivity contribution in [1.82, 2.24) is 9.78 Å². The monoisotopic (exact) mass is 259 g/mol. The molecule has 1 heterocycles. The first kappa shape index (κ1) is 13.5. The molecule has 0 unspecified atom stereocenters. The maximum absolute atomic E-state index is 5.18. The van der Waals surface area contributed by atoms with Crippen LogP contribution in [-0.2, 0) is 7.05 Å². The lowest BCUT2D eigenvalue weighted by atomic mass is 9.94. The number of nitrogens with zero attached hydrogens (tertiary/aromatic N) is 2. The zero-order valence-corrected chi connectivity index (χ0v) is 11.9. The predicted molar refractivity (Wildman–Crippen MR) is 77.7 cm³/mol. The van der Waals surface area contributed by atoms with Gasteiger partial charge in [0.05, 0.1) is 19.0 Å². The largest absolute Gasteiger partial charge is 0.497 e. The van der Waals surface area contributed by atoms with Gasteiger partial charge in [0.1, 0.15) is 5.75 Å². The van der Waals surface area contributed by atoms with Gasteiger partial charge in [-0.15, -0.1) is 0 Å². The third-order valence-electron chi connectivity index (χ3n) is 3.49. The molecule has 2 atom stereocenters. The van der Waals surface area contributed by atoms with Crippen LogP contribution in [0.4, 0.5) is 5.69 Å². The van der Waals surface area contributed by atoms with Crippen molar-refractivity contribution in [2.24, 2.45) is 7.05 Å². The van der Waals surface area contributed by atoms with E-state index >= 15 is 0 Å². The Morgan fingerprint density at radius 2 is 1.89 bits per heavy atom. The smallest absolute Gasteiger partial charge is 0.118 e. The lowest BCUT2D eigenvalue weighted by molar-refractivity contribution is 0.414. The van der Waals surface area contributed by atoms with Crippen molar-refractivity contribution in [1.29, 1.82) is 0 Å². The first-order valence-corrected chi connectivity index (χ1v) is 6.49. The molecular weight excluding hydrogens is 238 g/mol. The van der Waals surface area contributed by atoms with Crippen molar-refractivity contribution in [3.05, 3.63) is 42.2 Å². The molecule has 4 heteroatoms. The molecule has 102 valence electrons. The van der Waals surface area contributed by atoms with E-state index in [0.717, 1.165) is 11.4 Å². The molecule has 0 aliphatic heterocycles. The van der Waals surface area contributed by atoms with Crippen LogP contribution >= 0.6 is 0 Å². The van der Waals surface area contributed by atoms with Gasteiger partial charge in [-0.25, -0.2) is 0 Å². The highest BCUT2D eigenvalue weighted by Gasteiger charge is 2.14. The highest BCUT2D eigenvalue weighted by atomic mass is 16.5. The second-order valence-corrected chi connectivity index (χ2v) is 4.90. The maximum Gasteiger partial charge on any atom is 0.118 e. The second-order valence-electron chi connectivity index (χ2n) is 4.90. The Kier molecular flexibility index (Phi) is 4.10. The summed E-state index contributed by atoms with van der Waals surface area (Å²) < 4.78 is 6.98. The molecule has 1 N–H and O–H groups in total. The third-order valence-corrected chi connectivity index (χ3v) is 3.49. The number of nitrogens with one attached hydrogen (secondary N) is 1. The average Bonchev–Trinajstić information content (AvgIpc) is 2.83. The number of ether oxygens (including phenoxy) is 1. The van der Waals surface area contributed by atoms with Crippen molar-refractivity contribution in [2.75, 3.05) is 12.4 Å². The van der Waals surface area contributed by atoms with Gasteiger partial charge in [-0.05, 0) is 24.6 Å². The first-order chi connectivity index (χ1) is 9.10. The van der Waals surface area contributed by atoms with Gasteiger partial charge in [0.25, 0.3) is 0 Å². The molecule has 0 saturated carbocycles. The maximum atomic E-state index is 5.18. The van der Waals surface area contributed by atoms with Crippen LogP contribution in [0.1, 0.15) is 25.3 Å². The van der Waals surface area contributed by atoms with E-state index in [9.17, 15) is 0 Å². The third kappa shape index (κ3) is 3.28. The number of methoxy groups -OCH3 is 1. The molecular formula is C15H21N3O. The fraction of sp³-hybridized carbons (Fsp3) is 0.400. The van der Waals surface area contributed by atoms with Crippen LogP contribution in [0, 0.1) is 0 Å². The standard InChI is InChI=1S/C15H21N3O/c1-11(13-5-7-15(19-4)8-6-13)12(2)17-14-9-16-18(3)10-14/h5-12,17H,1-4H3/t11-,12+/m0/s1. The van der Waals surface area contributed by atoms with Gasteiger partial charge in [0.2, 0.25) is 0 Å². The van der Waals surface area contributed by atoms with E-state index in [2.05, 4.69) is 36.4 Å². The summed E-state index contributed by atoms with van der Waals surface area (Å²) >= 11 is 0. The summed E-state index contributed by atoms with van der Waals surface area (Å²) in [4.78, 5) is 0. The van der Waals surface area contributed by atoms with E-state index in [1.54, 1.807) is 11.8 Å². The van der Waals surface area contributed by atoms with E-state index < -0.39 is 0 Å². The van der Waals surface area contributed by atoms with E-state index in [1.165, 1.54) is 5.56 Å². The molecule has 0 bridgehead atoms. The fourth-order valence-electron chi connectivity index (χ4n) is 2.08. The Morgan fingerprint density at radius 3 is 2.42 bits per heavy atom. The number of aromatic nitrogens is 2. The Labute approximate surface area is 114 Å². The number of hydrogen-bond acceptors (Lipinski definition) is 3. The Morgan fingerprint density at radius 1 is 1.21 bits per heavy atom. The second kappa shape index (κ2) is 5.78. The SMILES string of the molecule is COc1ccc([C@@H](C)[C@@H](C)Nc2cnn(C)c2)cc1. The van der Waals surface area contributed by atoms with E-state index in [4.69, 9.17) is 4.74 Å². The average molecular weight is 259 g/mol. The Balaban J connectivity index is 2.03. The van der Waals surface area contributed by atoms with Gasteiger partial charge in [-0.1, -0.05) is 19.1 Å². The number of hydrogen-bond donors (Lipinski definition) is 1. The van der Waals surface area contributed by atoms with Crippen LogP contribution < -0.4 is 10.1 Å². The number of benzene rings is 1. The van der Waals surface area contributed by atoms with Gasteiger partial charge in [0.15, 0.2) is 0 Å². The van der Waals surface area contributed by atoms with Gasteiger partial charge < -0.3 is 10.1 Å². The van der Waals surface area contributed by atoms with Crippen LogP contribution in [0.5, 0.6) is 5.75 Å². The number of aryl methyl sites for hydroxylation is 1. The summed E-state index contributed by atoms with van der Waals surface area (Å²) in [5, 5.41) is 7.64. The van der Waals surface area contributed by atoms with Crippen LogP contribution in [0.2, 0.25) is 0 Å². The minimum absolute atomic E-state index is 0.331. The summed E-state index contributed by atoms with van der Waals surface area (Å²) in [5.41, 5.74) is 2.35. The van der Waals surface area contributed by atoms with Crippen LogP contribution in [-0.4, -0.2) is 22.9 Å². The molecule has 0 fully saturated rings. The van der Waals surface area contributed by atoms with Crippen molar-refractivity contribution >= 4 is 5.69 Å². The molecule has 0 amide bonds. The Hall–Kier alpha value is -1.97. The molecule has 0 saturated heterocycles. The molecule has 2 aromatic rings. The van der Waals surface area contributed by atoms with Gasteiger partial charge in [0, 0.05) is 25.2 Å². The molecule has 4 nitrogen and oxygen atoms in total. The van der Waals surface area contributed by atoms with E-state index in [-0.39, 0.29) is 0 Å². The highest BCUT2D eigenvalue weighted by Crippen LogP contribution is 2.24. The lowest BCUT2D eigenvalue weighted by Crippen LogP contribution is -2.22. The molecule has 0 aliphatic rings. The highest BCUT2D eigenvalue weighted by molar-refractivity contribution is 5.40. The first-order valence-electron chi connectivity index (χ1n) is 6.49. The van der Waals surface area contributed by atoms with E-state index in [1.807, 2.05) is 31.6 Å². The summed E-state index contributed by atoms with van der Waals surface area (Å²) in [7, 11) is 3.60. The van der Waals surface area contributed by atoms with Gasteiger partial charge in [-0.2, -0.15) is 5.10 Å². The molecule has 0 radical (unpaired) electrons. The number of anilines is 1. The van der Waals surface area contributed by atoms with E-state index in [0.29, 0.717) is 12.0 Å². The lowest BCUT2D eigenvalue weighted by Gasteiger charge is -2.22. The summed E-state index contributed by atoms with van der Waals surface area (Å²) in [6, 6.07) is 8.57. The number of rotatable bonds is 5. The molecule has 1 aromatic heterocycles. The van der Waals surface area contributed by atoms with Crippen molar-refractivity contribution in [3.63, 3.8) is 0 Å². The molecule has 0 spiro atoms. The van der Waals surface area contributed by atoms with Crippen molar-refractivity contribution in [2.45, 2.75) is 25.8 Å². The van der Waals surface area contributed by atoms with Crippen LogP contribution in [0.15, 0.2) is 36.7 Å². The van der Waals surface area contributed by atoms with Gasteiger partial charge >= 0.3 is 0 Å². The predicted octanol–water partition coefficient (Wildman–Crippen LogP) is 3.03. The minimum atomic E-state index is 0.331. The Bertz CT molecular complexity index is 518. The van der Waals surface area contributed by atoms with Crippen molar-refractivity contribution < 1.29 is 4.74 Å². The summed E-state index contributed by atoms with van der Waals surface area (Å²) in [6.45, 7) is 4.40. The van der Waals surface area contributed by atoms with Crippen molar-refractivity contribution in [3.8, 4) is 5.75 Å². The topological polar surface area (TPSA) is 39.1 Å². The molecule has 19 heavy (non-hydrogen) atoms. The zero-order chi connectivity index (χ0) is 13.8. The summed E-state index contributed by atoms with van der Waals surface area (Å²) in [5.74, 6) is 1.30. The summed E-state index contributed by atoms with van der Waals surface area (Å²) in [6.07, 6.45) is 3.83.